The van der Waals surface area contributed by atoms with E-state index in [1.165, 1.54) is 6.92 Å². The molecule has 1 N–H and O–H groups in total. The summed E-state index contributed by atoms with van der Waals surface area (Å²) in [4.78, 5) is 21.6. The first-order chi connectivity index (χ1) is 4.93. The van der Waals surface area contributed by atoms with Gasteiger partial charge in [-0.15, -0.1) is 0 Å². The number of nitrogens with one attached hydrogen (secondary N) is 1. The van der Waals surface area contributed by atoms with Crippen LogP contribution in [0, 0.1) is 0 Å². The van der Waals surface area contributed by atoms with Crippen LogP contribution < -0.4 is 5.32 Å². The monoisotopic (exact) mass is 157 g/mol. The maximum Gasteiger partial charge on any atom is 0.408 e. The number of Topliss-reactive ketones (excluding diaryl/α,β-unsaturated/α-hetero) is 1. The highest BCUT2D eigenvalue weighted by Crippen LogP contribution is 2.21. The lowest BCUT2D eigenvalue weighted by atomic mass is 9.97. The molecule has 11 heavy (non-hydrogen) atoms. The van der Waals surface area contributed by atoms with E-state index in [1.807, 2.05) is 0 Å². The molecule has 1 aliphatic rings. The average molecular weight is 157 g/mol. The lowest BCUT2D eigenvalue weighted by Crippen LogP contribution is -2.43. The molecule has 1 amide bonds. The Labute approximate surface area is 64.9 Å². The number of rotatable bonds is 1. The first kappa shape index (κ1) is 8.04. The van der Waals surface area contributed by atoms with Gasteiger partial charge in [0.15, 0.2) is 5.78 Å². The van der Waals surface area contributed by atoms with Gasteiger partial charge in [0.2, 0.25) is 0 Å². The Morgan fingerprint density at radius 1 is 1.64 bits per heavy atom. The van der Waals surface area contributed by atoms with E-state index in [0.717, 1.165) is 0 Å². The molecule has 62 valence electrons. The van der Waals surface area contributed by atoms with Crippen molar-refractivity contribution >= 4 is 11.9 Å². The molecule has 1 heterocycles. The Hall–Kier alpha value is -1.06. The van der Waals surface area contributed by atoms with E-state index < -0.39 is 17.7 Å². The first-order valence-corrected chi connectivity index (χ1v) is 3.43. The summed E-state index contributed by atoms with van der Waals surface area (Å²) >= 11 is 0. The van der Waals surface area contributed by atoms with E-state index in [4.69, 9.17) is 4.74 Å². The second-order valence-electron chi connectivity index (χ2n) is 3.18. The van der Waals surface area contributed by atoms with E-state index in [1.54, 1.807) is 13.8 Å². The fourth-order valence-electron chi connectivity index (χ4n) is 1.21. The van der Waals surface area contributed by atoms with Gasteiger partial charge in [0.1, 0.15) is 11.6 Å². The lowest BCUT2D eigenvalue weighted by Gasteiger charge is -2.20. The van der Waals surface area contributed by atoms with Gasteiger partial charge < -0.3 is 10.1 Å². The minimum Gasteiger partial charge on any atom is -0.441 e. The van der Waals surface area contributed by atoms with Crippen LogP contribution >= 0.6 is 0 Å². The first-order valence-electron chi connectivity index (χ1n) is 3.43. The Balaban J connectivity index is 2.82. The molecule has 1 fully saturated rings. The van der Waals surface area contributed by atoms with Crippen LogP contribution in [0.15, 0.2) is 0 Å². The van der Waals surface area contributed by atoms with Crippen molar-refractivity contribution in [2.24, 2.45) is 0 Å². The quantitative estimate of drug-likeness (QED) is 0.601. The van der Waals surface area contributed by atoms with Crippen molar-refractivity contribution in [1.82, 2.24) is 5.32 Å². The summed E-state index contributed by atoms with van der Waals surface area (Å²) in [5, 5.41) is 2.43. The van der Waals surface area contributed by atoms with Crippen molar-refractivity contribution in [2.75, 3.05) is 0 Å². The highest BCUT2D eigenvalue weighted by atomic mass is 16.6. The van der Waals surface area contributed by atoms with Crippen LogP contribution in [0.4, 0.5) is 4.79 Å². The number of ketones is 1. The van der Waals surface area contributed by atoms with E-state index >= 15 is 0 Å². The zero-order valence-corrected chi connectivity index (χ0v) is 6.80. The molecular formula is C7H11NO3. The Morgan fingerprint density at radius 3 is 2.36 bits per heavy atom. The maximum atomic E-state index is 10.9. The highest BCUT2D eigenvalue weighted by molar-refractivity contribution is 5.89. The SMILES string of the molecule is CC(=O)[C@H]1NC(=O)OC1(C)C. The Bertz CT molecular complexity index is 210. The van der Waals surface area contributed by atoms with Gasteiger partial charge in [0.05, 0.1) is 0 Å². The smallest absolute Gasteiger partial charge is 0.408 e. The fourth-order valence-corrected chi connectivity index (χ4v) is 1.21. The van der Waals surface area contributed by atoms with Gasteiger partial charge in [0.25, 0.3) is 0 Å². The van der Waals surface area contributed by atoms with Crippen molar-refractivity contribution in [1.29, 1.82) is 0 Å². The molecule has 1 aliphatic heterocycles. The summed E-state index contributed by atoms with van der Waals surface area (Å²) < 4.78 is 4.85. The number of carbonyl (C=O) groups excluding carboxylic acids is 2. The number of amides is 1. The van der Waals surface area contributed by atoms with Crippen LogP contribution in [0.1, 0.15) is 20.8 Å². The number of alkyl carbamates (subject to hydrolysis) is 1. The summed E-state index contributed by atoms with van der Waals surface area (Å²) in [7, 11) is 0. The average Bonchev–Trinajstić information content (AvgIpc) is 2.04. The Morgan fingerprint density at radius 2 is 2.18 bits per heavy atom. The summed E-state index contributed by atoms with van der Waals surface area (Å²) in [6.45, 7) is 4.84. The second kappa shape index (κ2) is 2.22. The van der Waals surface area contributed by atoms with E-state index in [2.05, 4.69) is 5.32 Å². The second-order valence-corrected chi connectivity index (χ2v) is 3.18. The van der Waals surface area contributed by atoms with Crippen molar-refractivity contribution < 1.29 is 14.3 Å². The molecule has 1 atom stereocenters. The molecule has 0 spiro atoms. The van der Waals surface area contributed by atoms with Gasteiger partial charge >= 0.3 is 6.09 Å². The summed E-state index contributed by atoms with van der Waals surface area (Å²) in [5.41, 5.74) is -0.705. The number of cyclic esters (lactones) is 1. The highest BCUT2D eigenvalue weighted by Gasteiger charge is 2.43. The molecule has 0 saturated carbocycles. The number of hydrogen-bond acceptors (Lipinski definition) is 3. The van der Waals surface area contributed by atoms with E-state index in [0.29, 0.717) is 0 Å². The molecule has 4 heteroatoms. The topological polar surface area (TPSA) is 55.4 Å². The van der Waals surface area contributed by atoms with Gasteiger partial charge in [-0.3, -0.25) is 4.79 Å². The fraction of sp³-hybridized carbons (Fsp3) is 0.714. The lowest BCUT2D eigenvalue weighted by molar-refractivity contribution is -0.121. The van der Waals surface area contributed by atoms with Crippen molar-refractivity contribution in [2.45, 2.75) is 32.4 Å². The third kappa shape index (κ3) is 1.34. The van der Waals surface area contributed by atoms with Crippen LogP contribution in [0.3, 0.4) is 0 Å². The minimum absolute atomic E-state index is 0.0825. The molecule has 0 unspecified atom stereocenters. The predicted octanol–water partition coefficient (Wildman–Crippen LogP) is 0.462. The molecule has 0 aromatic carbocycles. The molecule has 0 radical (unpaired) electrons. The predicted molar refractivity (Wildman–Crippen MR) is 38.2 cm³/mol. The van der Waals surface area contributed by atoms with Gasteiger partial charge in [-0.1, -0.05) is 0 Å². The third-order valence-electron chi connectivity index (χ3n) is 1.72. The normalized spacial score (nSPS) is 27.5. The van der Waals surface area contributed by atoms with Gasteiger partial charge in [-0.2, -0.15) is 0 Å². The number of hydrogen-bond donors (Lipinski definition) is 1. The minimum atomic E-state index is -0.705. The van der Waals surface area contributed by atoms with Crippen LogP contribution in [-0.2, 0) is 9.53 Å². The molecular weight excluding hydrogens is 146 g/mol. The summed E-state index contributed by atoms with van der Waals surface area (Å²) in [6.07, 6.45) is -0.518. The van der Waals surface area contributed by atoms with Crippen LogP contribution in [0.5, 0.6) is 0 Å². The molecule has 0 aromatic rings. The molecule has 1 saturated heterocycles. The zero-order chi connectivity index (χ0) is 8.65. The van der Waals surface area contributed by atoms with Crippen molar-refractivity contribution in [3.63, 3.8) is 0 Å². The van der Waals surface area contributed by atoms with Crippen LogP contribution in [0.25, 0.3) is 0 Å². The maximum absolute atomic E-state index is 10.9. The van der Waals surface area contributed by atoms with E-state index in [-0.39, 0.29) is 5.78 Å². The summed E-state index contributed by atoms with van der Waals surface area (Å²) in [6, 6.07) is -0.505. The van der Waals surface area contributed by atoms with E-state index in [9.17, 15) is 9.59 Å². The third-order valence-corrected chi connectivity index (χ3v) is 1.72. The van der Waals surface area contributed by atoms with Gasteiger partial charge in [0, 0.05) is 0 Å². The van der Waals surface area contributed by atoms with Crippen LogP contribution in [0.2, 0.25) is 0 Å². The number of ether oxygens (including phenoxy) is 1. The molecule has 1 rings (SSSR count). The number of carbonyl (C=O) groups is 2. The largest absolute Gasteiger partial charge is 0.441 e. The molecule has 0 bridgehead atoms. The zero-order valence-electron chi connectivity index (χ0n) is 6.80. The van der Waals surface area contributed by atoms with Crippen LogP contribution in [-0.4, -0.2) is 23.5 Å². The van der Waals surface area contributed by atoms with Gasteiger partial charge in [-0.25, -0.2) is 4.79 Å². The van der Waals surface area contributed by atoms with Crippen molar-refractivity contribution in [3.8, 4) is 0 Å². The van der Waals surface area contributed by atoms with Gasteiger partial charge in [-0.05, 0) is 20.8 Å². The molecule has 0 aromatic heterocycles. The Kier molecular flexibility index (Phi) is 1.62. The standard InChI is InChI=1S/C7H11NO3/c1-4(9)5-7(2,3)11-6(10)8-5/h5H,1-3H3,(H,8,10)/t5-/m1/s1. The summed E-state index contributed by atoms with van der Waals surface area (Å²) in [5.74, 6) is -0.0825. The molecule has 0 aliphatic carbocycles. The van der Waals surface area contributed by atoms with Crippen molar-refractivity contribution in [3.05, 3.63) is 0 Å². The molecule has 4 nitrogen and oxygen atoms in total.